The molecule has 1 aliphatic heterocycles. The molecule has 5 nitrogen and oxygen atoms in total. The molecule has 3 aromatic rings. The lowest BCUT2D eigenvalue weighted by atomic mass is 10.0. The van der Waals surface area contributed by atoms with Crippen LogP contribution in [0.1, 0.15) is 23.1 Å². The Hall–Kier alpha value is -3.31. The molecular weight excluding hydrogens is 400 g/mol. The summed E-state index contributed by atoms with van der Waals surface area (Å²) in [5.41, 5.74) is 4.88. The number of anilines is 1. The van der Waals surface area contributed by atoms with E-state index in [0.29, 0.717) is 19.7 Å². The smallest absolute Gasteiger partial charge is 0.317 e. The van der Waals surface area contributed by atoms with Gasteiger partial charge in [-0.15, -0.1) is 0 Å². The molecule has 0 radical (unpaired) electrons. The van der Waals surface area contributed by atoms with Gasteiger partial charge >= 0.3 is 5.97 Å². The fraction of sp³-hybridized carbons (Fsp3) is 0.296. The van der Waals surface area contributed by atoms with E-state index < -0.39 is 5.97 Å². The van der Waals surface area contributed by atoms with Gasteiger partial charge in [0, 0.05) is 25.3 Å². The summed E-state index contributed by atoms with van der Waals surface area (Å²) in [4.78, 5) is 15.7. The molecule has 0 atom stereocenters. The van der Waals surface area contributed by atoms with Crippen molar-refractivity contribution in [2.45, 2.75) is 25.9 Å². The van der Waals surface area contributed by atoms with E-state index in [4.69, 9.17) is 4.74 Å². The number of hydrogen-bond acceptors (Lipinski definition) is 4. The first-order chi connectivity index (χ1) is 15.7. The maximum Gasteiger partial charge on any atom is 0.317 e. The van der Waals surface area contributed by atoms with Crippen LogP contribution in [0, 0.1) is 0 Å². The molecule has 0 fully saturated rings. The van der Waals surface area contributed by atoms with E-state index in [2.05, 4.69) is 29.2 Å². The molecule has 3 aromatic carbocycles. The highest BCUT2D eigenvalue weighted by Gasteiger charge is 2.16. The average molecular weight is 431 g/mol. The van der Waals surface area contributed by atoms with Crippen molar-refractivity contribution < 1.29 is 14.6 Å². The highest BCUT2D eigenvalue weighted by Crippen LogP contribution is 2.26. The maximum absolute atomic E-state index is 11.4. The number of carbonyl (C=O) groups is 1. The van der Waals surface area contributed by atoms with Gasteiger partial charge in [0.15, 0.2) is 0 Å². The van der Waals surface area contributed by atoms with Crippen molar-refractivity contribution in [1.29, 1.82) is 0 Å². The largest absolute Gasteiger partial charge is 0.492 e. The SMILES string of the molecule is O=C(O)CN(Cc1ccccc1)Cc1cccc(OCCN2CCCc3ccccc32)c1. The van der Waals surface area contributed by atoms with Crippen LogP contribution in [0.25, 0.3) is 0 Å². The summed E-state index contributed by atoms with van der Waals surface area (Å²) in [6, 6.07) is 26.5. The third-order valence-electron chi connectivity index (χ3n) is 5.75. The molecule has 4 rings (SSSR count). The van der Waals surface area contributed by atoms with E-state index >= 15 is 0 Å². The minimum Gasteiger partial charge on any atom is -0.492 e. The molecule has 0 aromatic heterocycles. The molecule has 0 saturated heterocycles. The normalized spacial score (nSPS) is 13.1. The molecule has 1 N–H and O–H groups in total. The van der Waals surface area contributed by atoms with E-state index in [1.165, 1.54) is 17.7 Å². The topological polar surface area (TPSA) is 53.0 Å². The number of para-hydroxylation sites is 1. The van der Waals surface area contributed by atoms with Gasteiger partial charge in [0.1, 0.15) is 12.4 Å². The Morgan fingerprint density at radius 3 is 2.53 bits per heavy atom. The van der Waals surface area contributed by atoms with E-state index in [1.807, 2.05) is 59.5 Å². The Balaban J connectivity index is 1.35. The molecule has 1 heterocycles. The fourth-order valence-corrected chi connectivity index (χ4v) is 4.31. The van der Waals surface area contributed by atoms with E-state index in [9.17, 15) is 9.90 Å². The van der Waals surface area contributed by atoms with Crippen LogP contribution >= 0.6 is 0 Å². The number of rotatable bonds is 10. The van der Waals surface area contributed by atoms with Crippen molar-refractivity contribution >= 4 is 11.7 Å². The van der Waals surface area contributed by atoms with Gasteiger partial charge in [-0.2, -0.15) is 0 Å². The number of nitrogens with zero attached hydrogens (tertiary/aromatic N) is 2. The van der Waals surface area contributed by atoms with Gasteiger partial charge < -0.3 is 14.7 Å². The summed E-state index contributed by atoms with van der Waals surface area (Å²) in [6.45, 7) is 3.66. The zero-order valence-corrected chi connectivity index (χ0v) is 18.3. The number of benzene rings is 3. The average Bonchev–Trinajstić information content (AvgIpc) is 2.80. The van der Waals surface area contributed by atoms with Crippen LogP contribution in [0.3, 0.4) is 0 Å². The van der Waals surface area contributed by atoms with Crippen molar-refractivity contribution in [3.8, 4) is 5.75 Å². The molecule has 0 aliphatic carbocycles. The van der Waals surface area contributed by atoms with Gasteiger partial charge in [0.2, 0.25) is 0 Å². The van der Waals surface area contributed by atoms with Crippen molar-refractivity contribution in [3.63, 3.8) is 0 Å². The second-order valence-electron chi connectivity index (χ2n) is 8.24. The molecule has 0 spiro atoms. The number of aryl methyl sites for hydroxylation is 1. The molecule has 1 aliphatic rings. The van der Waals surface area contributed by atoms with Crippen molar-refractivity contribution in [1.82, 2.24) is 4.90 Å². The molecule has 0 amide bonds. The zero-order chi connectivity index (χ0) is 22.2. The molecular formula is C27H30N2O3. The Bertz CT molecular complexity index is 1020. The Kier molecular flexibility index (Phi) is 7.41. The molecule has 0 bridgehead atoms. The first-order valence-corrected chi connectivity index (χ1v) is 11.2. The lowest BCUT2D eigenvalue weighted by molar-refractivity contribution is -0.138. The summed E-state index contributed by atoms with van der Waals surface area (Å²) >= 11 is 0. The summed E-state index contributed by atoms with van der Waals surface area (Å²) < 4.78 is 6.07. The number of carboxylic acids is 1. The van der Waals surface area contributed by atoms with E-state index in [0.717, 1.165) is 36.4 Å². The summed E-state index contributed by atoms with van der Waals surface area (Å²) in [7, 11) is 0. The molecule has 0 unspecified atom stereocenters. The molecule has 32 heavy (non-hydrogen) atoms. The van der Waals surface area contributed by atoms with Crippen LogP contribution in [0.5, 0.6) is 5.75 Å². The third kappa shape index (κ3) is 6.11. The summed E-state index contributed by atoms with van der Waals surface area (Å²) in [6.07, 6.45) is 2.32. The Morgan fingerprint density at radius 1 is 0.938 bits per heavy atom. The number of fused-ring (bicyclic) bond motifs is 1. The lowest BCUT2D eigenvalue weighted by Crippen LogP contribution is -2.33. The van der Waals surface area contributed by atoms with Crippen molar-refractivity contribution in [3.05, 3.63) is 95.6 Å². The Morgan fingerprint density at radius 2 is 1.69 bits per heavy atom. The quantitative estimate of drug-likeness (QED) is 0.509. The van der Waals surface area contributed by atoms with Crippen LogP contribution in [-0.2, 0) is 24.3 Å². The van der Waals surface area contributed by atoms with Gasteiger partial charge in [-0.25, -0.2) is 0 Å². The van der Waals surface area contributed by atoms with Crippen LogP contribution in [0.4, 0.5) is 5.69 Å². The van der Waals surface area contributed by atoms with E-state index in [1.54, 1.807) is 0 Å². The van der Waals surface area contributed by atoms with Gasteiger partial charge in [-0.3, -0.25) is 9.69 Å². The first-order valence-electron chi connectivity index (χ1n) is 11.2. The number of carboxylic acid groups (broad SMARTS) is 1. The highest BCUT2D eigenvalue weighted by molar-refractivity contribution is 5.69. The van der Waals surface area contributed by atoms with Gasteiger partial charge in [-0.1, -0.05) is 60.7 Å². The van der Waals surface area contributed by atoms with Crippen LogP contribution in [0.2, 0.25) is 0 Å². The lowest BCUT2D eigenvalue weighted by Gasteiger charge is -2.31. The van der Waals surface area contributed by atoms with Crippen LogP contribution in [0.15, 0.2) is 78.9 Å². The maximum atomic E-state index is 11.4. The van der Waals surface area contributed by atoms with Gasteiger partial charge in [-0.05, 0) is 47.7 Å². The summed E-state index contributed by atoms with van der Waals surface area (Å²) in [5.74, 6) is -0.00192. The monoisotopic (exact) mass is 430 g/mol. The van der Waals surface area contributed by atoms with Gasteiger partial charge in [0.05, 0.1) is 13.1 Å². The number of hydrogen-bond donors (Lipinski definition) is 1. The molecule has 0 saturated carbocycles. The van der Waals surface area contributed by atoms with Gasteiger partial charge in [0.25, 0.3) is 0 Å². The predicted molar refractivity (Wildman–Crippen MR) is 127 cm³/mol. The number of ether oxygens (including phenoxy) is 1. The predicted octanol–water partition coefficient (Wildman–Crippen LogP) is 4.61. The van der Waals surface area contributed by atoms with Crippen molar-refractivity contribution in [2.75, 3.05) is 31.1 Å². The minimum absolute atomic E-state index is 0.00561. The second kappa shape index (κ2) is 10.8. The van der Waals surface area contributed by atoms with Crippen LogP contribution in [-0.4, -0.2) is 42.2 Å². The highest BCUT2D eigenvalue weighted by atomic mass is 16.5. The second-order valence-corrected chi connectivity index (χ2v) is 8.24. The third-order valence-corrected chi connectivity index (χ3v) is 5.75. The Labute approximate surface area is 189 Å². The summed E-state index contributed by atoms with van der Waals surface area (Å²) in [5, 5.41) is 9.33. The fourth-order valence-electron chi connectivity index (χ4n) is 4.31. The molecule has 5 heteroatoms. The standard InChI is InChI=1S/C27H30N2O3/c30-27(31)21-28(19-22-8-2-1-3-9-22)20-23-10-6-13-25(18-23)32-17-16-29-15-7-12-24-11-4-5-14-26(24)29/h1-6,8-11,13-14,18H,7,12,15-17,19-21H2,(H,30,31). The van der Waals surface area contributed by atoms with E-state index in [-0.39, 0.29) is 6.54 Å². The van der Waals surface area contributed by atoms with Crippen molar-refractivity contribution in [2.24, 2.45) is 0 Å². The minimum atomic E-state index is -0.824. The van der Waals surface area contributed by atoms with Crippen LogP contribution < -0.4 is 9.64 Å². The molecule has 166 valence electrons. The number of aliphatic carboxylic acids is 1. The zero-order valence-electron chi connectivity index (χ0n) is 18.3. The first kappa shape index (κ1) is 21.9.